The van der Waals surface area contributed by atoms with Crippen LogP contribution in [-0.4, -0.2) is 25.1 Å². The number of carbonyl (C=O) groups is 1. The summed E-state index contributed by atoms with van der Waals surface area (Å²) in [6.07, 6.45) is -1.00. The van der Waals surface area contributed by atoms with E-state index in [-0.39, 0.29) is 5.88 Å². The number of carbonyl (C=O) groups excluding carboxylic acids is 1. The van der Waals surface area contributed by atoms with Crippen LogP contribution in [0.2, 0.25) is 0 Å². The van der Waals surface area contributed by atoms with Crippen LogP contribution in [0.15, 0.2) is 29.8 Å². The van der Waals surface area contributed by atoms with Crippen molar-refractivity contribution in [3.8, 4) is 11.5 Å². The molecule has 2 rings (SSSR count). The van der Waals surface area contributed by atoms with Gasteiger partial charge < -0.3 is 25.1 Å². The fourth-order valence-electron chi connectivity index (χ4n) is 1.73. The molecule has 1 heterocycles. The Hall–Kier alpha value is -2.37. The van der Waals surface area contributed by atoms with E-state index in [2.05, 4.69) is 0 Å². The van der Waals surface area contributed by atoms with Crippen molar-refractivity contribution in [2.24, 2.45) is 5.73 Å². The molecular formula is C12H13NO5. The number of hydrogen-bond donors (Lipinski definition) is 2. The number of ether oxygens (including phenoxy) is 3. The first-order valence-corrected chi connectivity index (χ1v) is 5.20. The van der Waals surface area contributed by atoms with Crippen LogP contribution in [0.4, 0.5) is 0 Å². The van der Waals surface area contributed by atoms with Crippen LogP contribution < -0.4 is 15.2 Å². The average molecular weight is 251 g/mol. The average Bonchev–Trinajstić information content (AvgIpc) is 2.65. The molecule has 1 atom stereocenters. The van der Waals surface area contributed by atoms with E-state index in [0.717, 1.165) is 0 Å². The van der Waals surface area contributed by atoms with Gasteiger partial charge in [0.25, 0.3) is 0 Å². The summed E-state index contributed by atoms with van der Waals surface area (Å²) in [5.41, 5.74) is 5.83. The van der Waals surface area contributed by atoms with Crippen LogP contribution >= 0.6 is 0 Å². The van der Waals surface area contributed by atoms with E-state index >= 15 is 0 Å². The summed E-state index contributed by atoms with van der Waals surface area (Å²) in [6, 6.07) is 4.95. The van der Waals surface area contributed by atoms with Gasteiger partial charge in [0.2, 0.25) is 17.4 Å². The van der Waals surface area contributed by atoms with Crippen LogP contribution in [0.5, 0.6) is 11.5 Å². The van der Waals surface area contributed by atoms with Gasteiger partial charge in [0.15, 0.2) is 6.10 Å². The van der Waals surface area contributed by atoms with Crippen molar-refractivity contribution in [2.75, 3.05) is 14.2 Å². The Bertz CT molecular complexity index is 523. The number of aliphatic hydroxyl groups excluding tert-OH is 1. The van der Waals surface area contributed by atoms with Crippen molar-refractivity contribution in [1.82, 2.24) is 0 Å². The van der Waals surface area contributed by atoms with Gasteiger partial charge in [-0.05, 0) is 18.2 Å². The highest BCUT2D eigenvalue weighted by Gasteiger charge is 2.37. The molecule has 1 aromatic carbocycles. The van der Waals surface area contributed by atoms with E-state index in [1.165, 1.54) is 14.2 Å². The highest BCUT2D eigenvalue weighted by atomic mass is 16.5. The summed E-state index contributed by atoms with van der Waals surface area (Å²) in [7, 11) is 2.98. The maximum absolute atomic E-state index is 11.8. The molecular weight excluding hydrogens is 238 g/mol. The lowest BCUT2D eigenvalue weighted by atomic mass is 10.0. The molecule has 0 fully saturated rings. The third kappa shape index (κ3) is 1.81. The third-order valence-electron chi connectivity index (χ3n) is 2.67. The molecule has 96 valence electrons. The molecule has 18 heavy (non-hydrogen) atoms. The standard InChI is InChI=1S/C12H13NO5/c1-16-6-3-4-8(17-2)7(5-6)11-9(14)10(15)12(13)18-11/h3-5,11,15H,13H2,1-2H3. The van der Waals surface area contributed by atoms with Crippen molar-refractivity contribution < 1.29 is 24.1 Å². The second-order valence-corrected chi connectivity index (χ2v) is 3.68. The quantitative estimate of drug-likeness (QED) is 0.833. The number of rotatable bonds is 3. The van der Waals surface area contributed by atoms with Gasteiger partial charge in [-0.1, -0.05) is 0 Å². The minimum Gasteiger partial charge on any atom is -0.501 e. The van der Waals surface area contributed by atoms with E-state index in [0.29, 0.717) is 17.1 Å². The predicted molar refractivity (Wildman–Crippen MR) is 62.2 cm³/mol. The Morgan fingerprint density at radius 3 is 2.56 bits per heavy atom. The molecule has 1 aliphatic heterocycles. The fourth-order valence-corrected chi connectivity index (χ4v) is 1.73. The zero-order chi connectivity index (χ0) is 13.3. The van der Waals surface area contributed by atoms with Gasteiger partial charge in [-0.2, -0.15) is 0 Å². The first-order valence-electron chi connectivity index (χ1n) is 5.20. The van der Waals surface area contributed by atoms with E-state index in [1.807, 2.05) is 0 Å². The maximum atomic E-state index is 11.8. The molecule has 0 amide bonds. The van der Waals surface area contributed by atoms with Gasteiger partial charge in [0.1, 0.15) is 11.5 Å². The number of hydrogen-bond acceptors (Lipinski definition) is 6. The first-order chi connectivity index (χ1) is 8.58. The Labute approximate surface area is 104 Å². The maximum Gasteiger partial charge on any atom is 0.247 e. The molecule has 0 saturated carbocycles. The topological polar surface area (TPSA) is 91.0 Å². The summed E-state index contributed by atoms with van der Waals surface area (Å²) >= 11 is 0. The molecule has 6 heteroatoms. The Kier molecular flexibility index (Phi) is 3.01. The van der Waals surface area contributed by atoms with Crippen LogP contribution in [0.3, 0.4) is 0 Å². The lowest BCUT2D eigenvalue weighted by molar-refractivity contribution is -0.123. The third-order valence-corrected chi connectivity index (χ3v) is 2.67. The zero-order valence-electron chi connectivity index (χ0n) is 9.97. The Balaban J connectivity index is 2.42. The van der Waals surface area contributed by atoms with Crippen molar-refractivity contribution >= 4 is 5.78 Å². The summed E-state index contributed by atoms with van der Waals surface area (Å²) in [4.78, 5) is 11.8. The second kappa shape index (κ2) is 4.48. The van der Waals surface area contributed by atoms with Gasteiger partial charge in [0.05, 0.1) is 14.2 Å². The molecule has 6 nitrogen and oxygen atoms in total. The predicted octanol–water partition coefficient (Wildman–Crippen LogP) is 1.03. The van der Waals surface area contributed by atoms with E-state index in [1.54, 1.807) is 18.2 Å². The first kappa shape index (κ1) is 12.1. The molecule has 0 saturated heterocycles. The lowest BCUT2D eigenvalue weighted by Gasteiger charge is -2.15. The lowest BCUT2D eigenvalue weighted by Crippen LogP contribution is -2.11. The molecule has 3 N–H and O–H groups in total. The number of benzene rings is 1. The van der Waals surface area contributed by atoms with E-state index in [9.17, 15) is 9.90 Å². The highest BCUT2D eigenvalue weighted by molar-refractivity contribution is 5.99. The number of ketones is 1. The molecule has 0 radical (unpaired) electrons. The number of aliphatic hydroxyl groups is 1. The van der Waals surface area contributed by atoms with Crippen LogP contribution in [0.1, 0.15) is 11.7 Å². The monoisotopic (exact) mass is 251 g/mol. The Morgan fingerprint density at radius 2 is 2.06 bits per heavy atom. The highest BCUT2D eigenvalue weighted by Crippen LogP contribution is 2.37. The van der Waals surface area contributed by atoms with Gasteiger partial charge in [-0.15, -0.1) is 0 Å². The molecule has 1 unspecified atom stereocenters. The molecule has 0 bridgehead atoms. The molecule has 0 spiro atoms. The largest absolute Gasteiger partial charge is 0.501 e. The van der Waals surface area contributed by atoms with Gasteiger partial charge in [-0.3, -0.25) is 4.79 Å². The van der Waals surface area contributed by atoms with Crippen molar-refractivity contribution in [2.45, 2.75) is 6.10 Å². The molecule has 0 aromatic heterocycles. The van der Waals surface area contributed by atoms with Crippen molar-refractivity contribution in [3.63, 3.8) is 0 Å². The fraction of sp³-hybridized carbons (Fsp3) is 0.250. The van der Waals surface area contributed by atoms with E-state index in [4.69, 9.17) is 19.9 Å². The number of nitrogens with two attached hydrogens (primary N) is 1. The van der Waals surface area contributed by atoms with E-state index < -0.39 is 17.6 Å². The molecule has 0 aliphatic carbocycles. The minimum atomic E-state index is -1.00. The minimum absolute atomic E-state index is 0.283. The second-order valence-electron chi connectivity index (χ2n) is 3.68. The summed E-state index contributed by atoms with van der Waals surface area (Å²) in [5.74, 6) is -0.442. The van der Waals surface area contributed by atoms with Crippen LogP contribution in [-0.2, 0) is 9.53 Å². The van der Waals surface area contributed by atoms with Gasteiger partial charge in [0, 0.05) is 5.56 Å². The summed E-state index contributed by atoms with van der Waals surface area (Å²) < 4.78 is 15.4. The van der Waals surface area contributed by atoms with Crippen LogP contribution in [0, 0.1) is 0 Å². The summed E-state index contributed by atoms with van der Waals surface area (Å²) in [5, 5.41) is 9.40. The summed E-state index contributed by atoms with van der Waals surface area (Å²) in [6.45, 7) is 0. The molecule has 1 aromatic rings. The van der Waals surface area contributed by atoms with Crippen LogP contribution in [0.25, 0.3) is 0 Å². The molecule has 1 aliphatic rings. The Morgan fingerprint density at radius 1 is 1.33 bits per heavy atom. The number of Topliss-reactive ketones (excluding diaryl/α,β-unsaturated/α-hetero) is 1. The van der Waals surface area contributed by atoms with Gasteiger partial charge >= 0.3 is 0 Å². The van der Waals surface area contributed by atoms with Crippen molar-refractivity contribution in [3.05, 3.63) is 35.4 Å². The van der Waals surface area contributed by atoms with Crippen molar-refractivity contribution in [1.29, 1.82) is 0 Å². The number of methoxy groups -OCH3 is 2. The zero-order valence-corrected chi connectivity index (χ0v) is 9.97. The SMILES string of the molecule is COc1ccc(OC)c(C2OC(N)=C(O)C2=O)c1. The van der Waals surface area contributed by atoms with Gasteiger partial charge in [-0.25, -0.2) is 0 Å². The normalized spacial score (nSPS) is 18.8. The smallest absolute Gasteiger partial charge is 0.247 e.